The molecule has 0 heterocycles. The van der Waals surface area contributed by atoms with Crippen molar-refractivity contribution in [3.05, 3.63) is 35.9 Å². The molecular formula is C14H24N2O. The van der Waals surface area contributed by atoms with Gasteiger partial charge in [0.1, 0.15) is 0 Å². The van der Waals surface area contributed by atoms with Crippen molar-refractivity contribution in [2.24, 2.45) is 0 Å². The van der Waals surface area contributed by atoms with Crippen LogP contribution in [0.1, 0.15) is 19.4 Å². The fraction of sp³-hybridized carbons (Fsp3) is 0.571. The summed E-state index contributed by atoms with van der Waals surface area (Å²) in [7, 11) is 2.12. The molecule has 0 aromatic heterocycles. The number of likely N-dealkylation sites (N-methyl/N-ethyl adjacent to an activating group) is 1. The molecule has 0 amide bonds. The lowest BCUT2D eigenvalue weighted by atomic mass is 10.2. The third-order valence-corrected chi connectivity index (χ3v) is 2.64. The van der Waals surface area contributed by atoms with Gasteiger partial charge >= 0.3 is 0 Å². The maximum atomic E-state index is 9.19. The number of nitrogens with zero attached hydrogens (tertiary/aromatic N) is 1. The van der Waals surface area contributed by atoms with Gasteiger partial charge in [-0.05, 0) is 26.5 Å². The van der Waals surface area contributed by atoms with E-state index < -0.39 is 0 Å². The van der Waals surface area contributed by atoms with Crippen LogP contribution in [0, 0.1) is 0 Å². The summed E-state index contributed by atoms with van der Waals surface area (Å²) in [5.74, 6) is 0. The van der Waals surface area contributed by atoms with E-state index in [2.05, 4.69) is 48.5 Å². The van der Waals surface area contributed by atoms with Gasteiger partial charge in [-0.15, -0.1) is 0 Å². The minimum atomic E-state index is -0.281. The average Bonchev–Trinajstić information content (AvgIpc) is 2.27. The standard InChI is InChI=1S/C14H24N2O/c1-12(15-9-13(2)17)10-16(3)11-14-7-5-4-6-8-14/h4-8,12-13,15,17H,9-11H2,1-3H3. The highest BCUT2D eigenvalue weighted by atomic mass is 16.3. The first-order valence-corrected chi connectivity index (χ1v) is 6.22. The lowest BCUT2D eigenvalue weighted by Gasteiger charge is -2.22. The minimum absolute atomic E-state index is 0.281. The fourth-order valence-electron chi connectivity index (χ4n) is 1.86. The van der Waals surface area contributed by atoms with Crippen molar-refractivity contribution in [1.82, 2.24) is 10.2 Å². The van der Waals surface area contributed by atoms with Crippen molar-refractivity contribution in [1.29, 1.82) is 0 Å². The molecule has 0 radical (unpaired) electrons. The predicted octanol–water partition coefficient (Wildman–Crippen LogP) is 1.48. The first-order valence-electron chi connectivity index (χ1n) is 6.22. The summed E-state index contributed by atoms with van der Waals surface area (Å²) < 4.78 is 0. The second-order valence-electron chi connectivity index (χ2n) is 4.84. The Morgan fingerprint density at radius 1 is 1.24 bits per heavy atom. The first-order chi connectivity index (χ1) is 8.08. The molecule has 0 aliphatic heterocycles. The molecule has 0 fully saturated rings. The molecule has 0 aliphatic carbocycles. The van der Waals surface area contributed by atoms with Gasteiger partial charge in [0.15, 0.2) is 0 Å². The van der Waals surface area contributed by atoms with Crippen molar-refractivity contribution in [3.63, 3.8) is 0 Å². The normalized spacial score (nSPS) is 14.9. The quantitative estimate of drug-likeness (QED) is 0.752. The smallest absolute Gasteiger partial charge is 0.0636 e. The van der Waals surface area contributed by atoms with Crippen LogP contribution in [-0.2, 0) is 6.54 Å². The van der Waals surface area contributed by atoms with Gasteiger partial charge in [0.2, 0.25) is 0 Å². The number of benzene rings is 1. The number of nitrogens with one attached hydrogen (secondary N) is 1. The Morgan fingerprint density at radius 2 is 1.88 bits per heavy atom. The number of aliphatic hydroxyl groups excluding tert-OH is 1. The Kier molecular flexibility index (Phi) is 6.19. The lowest BCUT2D eigenvalue weighted by Crippen LogP contribution is -2.40. The molecule has 1 aromatic rings. The maximum Gasteiger partial charge on any atom is 0.0636 e. The molecule has 2 atom stereocenters. The molecule has 1 aromatic carbocycles. The topological polar surface area (TPSA) is 35.5 Å². The Labute approximate surface area is 104 Å². The molecule has 17 heavy (non-hydrogen) atoms. The van der Waals surface area contributed by atoms with E-state index in [1.165, 1.54) is 5.56 Å². The van der Waals surface area contributed by atoms with Crippen LogP contribution in [0.3, 0.4) is 0 Å². The van der Waals surface area contributed by atoms with Gasteiger partial charge < -0.3 is 15.3 Å². The lowest BCUT2D eigenvalue weighted by molar-refractivity contribution is 0.181. The predicted molar refractivity (Wildman–Crippen MR) is 71.9 cm³/mol. The monoisotopic (exact) mass is 236 g/mol. The van der Waals surface area contributed by atoms with Crippen LogP contribution in [0.4, 0.5) is 0 Å². The van der Waals surface area contributed by atoms with Gasteiger partial charge in [-0.25, -0.2) is 0 Å². The summed E-state index contributed by atoms with van der Waals surface area (Å²) >= 11 is 0. The molecule has 0 bridgehead atoms. The maximum absolute atomic E-state index is 9.19. The fourth-order valence-corrected chi connectivity index (χ4v) is 1.86. The van der Waals surface area contributed by atoms with E-state index in [-0.39, 0.29) is 6.10 Å². The molecule has 2 N–H and O–H groups in total. The van der Waals surface area contributed by atoms with Crippen molar-refractivity contribution < 1.29 is 5.11 Å². The number of aliphatic hydroxyl groups is 1. The van der Waals surface area contributed by atoms with Crippen molar-refractivity contribution in [3.8, 4) is 0 Å². The zero-order valence-electron chi connectivity index (χ0n) is 11.1. The molecule has 2 unspecified atom stereocenters. The minimum Gasteiger partial charge on any atom is -0.392 e. The summed E-state index contributed by atoms with van der Waals surface area (Å²) in [5.41, 5.74) is 1.33. The zero-order chi connectivity index (χ0) is 12.7. The van der Waals surface area contributed by atoms with Crippen LogP contribution in [-0.4, -0.2) is 42.3 Å². The van der Waals surface area contributed by atoms with Crippen molar-refractivity contribution in [2.45, 2.75) is 32.5 Å². The second-order valence-corrected chi connectivity index (χ2v) is 4.84. The number of rotatable bonds is 7. The van der Waals surface area contributed by atoms with E-state index in [0.29, 0.717) is 12.6 Å². The molecule has 3 heteroatoms. The molecule has 1 rings (SSSR count). The largest absolute Gasteiger partial charge is 0.392 e. The number of hydrogen-bond acceptors (Lipinski definition) is 3. The highest BCUT2D eigenvalue weighted by molar-refractivity contribution is 5.14. The molecule has 96 valence electrons. The van der Waals surface area contributed by atoms with Gasteiger partial charge in [-0.3, -0.25) is 0 Å². The van der Waals surface area contributed by atoms with Crippen molar-refractivity contribution in [2.75, 3.05) is 20.1 Å². The van der Waals surface area contributed by atoms with Gasteiger partial charge in [0.05, 0.1) is 6.10 Å². The van der Waals surface area contributed by atoms with Crippen LogP contribution in [0.25, 0.3) is 0 Å². The van der Waals surface area contributed by atoms with Gasteiger partial charge in [0, 0.05) is 25.7 Å². The average molecular weight is 236 g/mol. The van der Waals surface area contributed by atoms with Crippen LogP contribution < -0.4 is 5.32 Å². The summed E-state index contributed by atoms with van der Waals surface area (Å²) in [6.45, 7) is 6.53. The third kappa shape index (κ3) is 6.41. The zero-order valence-corrected chi connectivity index (χ0v) is 11.1. The first kappa shape index (κ1) is 14.2. The van der Waals surface area contributed by atoms with Gasteiger partial charge in [-0.2, -0.15) is 0 Å². The molecular weight excluding hydrogens is 212 g/mol. The van der Waals surface area contributed by atoms with E-state index in [4.69, 9.17) is 0 Å². The third-order valence-electron chi connectivity index (χ3n) is 2.64. The number of hydrogen-bond donors (Lipinski definition) is 2. The SMILES string of the molecule is CC(O)CNC(C)CN(C)Cc1ccccc1. The van der Waals surface area contributed by atoms with E-state index in [0.717, 1.165) is 13.1 Å². The van der Waals surface area contributed by atoms with Crippen LogP contribution in [0.2, 0.25) is 0 Å². The van der Waals surface area contributed by atoms with Gasteiger partial charge in [-0.1, -0.05) is 30.3 Å². The van der Waals surface area contributed by atoms with Crippen LogP contribution >= 0.6 is 0 Å². The summed E-state index contributed by atoms with van der Waals surface area (Å²) in [6.07, 6.45) is -0.281. The summed E-state index contributed by atoms with van der Waals surface area (Å²) in [6, 6.07) is 10.8. The summed E-state index contributed by atoms with van der Waals surface area (Å²) in [5, 5.41) is 12.5. The van der Waals surface area contributed by atoms with E-state index >= 15 is 0 Å². The summed E-state index contributed by atoms with van der Waals surface area (Å²) in [4.78, 5) is 2.29. The Hall–Kier alpha value is -0.900. The molecule has 0 saturated carbocycles. The van der Waals surface area contributed by atoms with Crippen molar-refractivity contribution >= 4 is 0 Å². The molecule has 3 nitrogen and oxygen atoms in total. The van der Waals surface area contributed by atoms with Crippen LogP contribution in [0.5, 0.6) is 0 Å². The van der Waals surface area contributed by atoms with E-state index in [1.54, 1.807) is 6.92 Å². The van der Waals surface area contributed by atoms with E-state index in [9.17, 15) is 5.11 Å². The Morgan fingerprint density at radius 3 is 2.47 bits per heavy atom. The van der Waals surface area contributed by atoms with Gasteiger partial charge in [0.25, 0.3) is 0 Å². The second kappa shape index (κ2) is 7.43. The Balaban J connectivity index is 2.27. The van der Waals surface area contributed by atoms with Crippen LogP contribution in [0.15, 0.2) is 30.3 Å². The highest BCUT2D eigenvalue weighted by Gasteiger charge is 2.07. The molecule has 0 spiro atoms. The Bertz CT molecular complexity index is 300. The highest BCUT2D eigenvalue weighted by Crippen LogP contribution is 2.02. The molecule has 0 aliphatic rings. The molecule has 0 saturated heterocycles. The van der Waals surface area contributed by atoms with E-state index in [1.807, 2.05) is 6.07 Å².